The molecule has 0 bridgehead atoms. The molecular weight excluding hydrogens is 805 g/mol. The maximum absolute atomic E-state index is 12.1. The van der Waals surface area contributed by atoms with Crippen LogP contribution in [0.3, 0.4) is 0 Å². The minimum Gasteiger partial charge on any atom is -0.508 e. The van der Waals surface area contributed by atoms with Crippen molar-refractivity contribution in [3.8, 4) is 11.5 Å². The Balaban J connectivity index is 0.000000640. The van der Waals surface area contributed by atoms with Crippen LogP contribution >= 0.6 is 0 Å². The van der Waals surface area contributed by atoms with Gasteiger partial charge in [0.05, 0.1) is 0 Å². The third-order valence-corrected chi connectivity index (χ3v) is 12.0. The van der Waals surface area contributed by atoms with Crippen LogP contribution in [0.1, 0.15) is 230 Å². The quantitative estimate of drug-likeness (QED) is 0.0359. The fourth-order valence-electron chi connectivity index (χ4n) is 7.98. The van der Waals surface area contributed by atoms with E-state index in [0.29, 0.717) is 12.8 Å². The van der Waals surface area contributed by atoms with Gasteiger partial charge in [0.2, 0.25) is 11.8 Å². The molecule has 10 heteroatoms. The van der Waals surface area contributed by atoms with Crippen LogP contribution in [-0.2, 0) is 32.0 Å². The molecule has 0 heterocycles. The van der Waals surface area contributed by atoms with E-state index in [0.717, 1.165) is 49.7 Å². The standard InChI is InChI=1S/2C27H45NO4/c2*1-2-3-4-5-6-7-8-9-10-11-12-13-14-15-16-17-26(30)28-25(27(31)32)22-23-18-20-24(29)21-19-23/h2*18-21,25,29H,2-17,22H2,1H3,(H,28,30)(H,31,32)/t2*25-/m00/s1. The number of nitrogens with one attached hydrogen (secondary N) is 2. The molecule has 0 saturated heterocycles. The van der Waals surface area contributed by atoms with Crippen molar-refractivity contribution in [1.29, 1.82) is 0 Å². The maximum atomic E-state index is 12.1. The Labute approximate surface area is 388 Å². The van der Waals surface area contributed by atoms with Crippen molar-refractivity contribution in [2.45, 2.75) is 244 Å². The van der Waals surface area contributed by atoms with Gasteiger partial charge in [-0.15, -0.1) is 0 Å². The van der Waals surface area contributed by atoms with E-state index >= 15 is 0 Å². The van der Waals surface area contributed by atoms with Crippen molar-refractivity contribution in [2.75, 3.05) is 0 Å². The minimum atomic E-state index is -1.04. The Kier molecular flexibility index (Phi) is 36.6. The molecule has 0 radical (unpaired) electrons. The molecule has 2 atom stereocenters. The molecule has 0 aromatic heterocycles. The molecule has 2 rings (SSSR count). The first-order valence-corrected chi connectivity index (χ1v) is 25.7. The summed E-state index contributed by atoms with van der Waals surface area (Å²) in [5.74, 6) is -2.21. The lowest BCUT2D eigenvalue weighted by Crippen LogP contribution is -2.42. The number of carboxylic acid groups (broad SMARTS) is 2. The van der Waals surface area contributed by atoms with Crippen LogP contribution in [0.2, 0.25) is 0 Å². The summed E-state index contributed by atoms with van der Waals surface area (Å²) in [7, 11) is 0. The van der Waals surface area contributed by atoms with E-state index in [-0.39, 0.29) is 36.2 Å². The average Bonchev–Trinajstić information content (AvgIpc) is 3.27. The predicted octanol–water partition coefficient (Wildman–Crippen LogP) is 13.5. The fraction of sp³-hybridized carbons (Fsp3) is 0.704. The molecule has 0 saturated carbocycles. The second kappa shape index (κ2) is 40.4. The van der Waals surface area contributed by atoms with Gasteiger partial charge in [0, 0.05) is 25.7 Å². The van der Waals surface area contributed by atoms with Gasteiger partial charge < -0.3 is 31.1 Å². The van der Waals surface area contributed by atoms with Crippen LogP contribution in [0.25, 0.3) is 0 Å². The summed E-state index contributed by atoms with van der Waals surface area (Å²) in [4.78, 5) is 47.2. The van der Waals surface area contributed by atoms with Gasteiger partial charge in [-0.25, -0.2) is 9.59 Å². The largest absolute Gasteiger partial charge is 0.508 e. The second-order valence-corrected chi connectivity index (χ2v) is 18.1. The van der Waals surface area contributed by atoms with Crippen LogP contribution < -0.4 is 10.6 Å². The molecule has 364 valence electrons. The first-order valence-electron chi connectivity index (χ1n) is 25.7. The van der Waals surface area contributed by atoms with Crippen molar-refractivity contribution in [1.82, 2.24) is 10.6 Å². The lowest BCUT2D eigenvalue weighted by atomic mass is 10.0. The first kappa shape index (κ1) is 57.9. The molecule has 0 spiro atoms. The lowest BCUT2D eigenvalue weighted by Gasteiger charge is -2.14. The summed E-state index contributed by atoms with van der Waals surface area (Å²) in [6.45, 7) is 4.52. The Morgan fingerprint density at radius 3 is 0.812 bits per heavy atom. The highest BCUT2D eigenvalue weighted by Crippen LogP contribution is 2.17. The van der Waals surface area contributed by atoms with Gasteiger partial charge in [0.15, 0.2) is 0 Å². The van der Waals surface area contributed by atoms with Gasteiger partial charge in [0.1, 0.15) is 23.6 Å². The van der Waals surface area contributed by atoms with Gasteiger partial charge >= 0.3 is 11.9 Å². The van der Waals surface area contributed by atoms with Crippen molar-refractivity contribution in [3.05, 3.63) is 59.7 Å². The zero-order valence-corrected chi connectivity index (χ0v) is 40.2. The van der Waals surface area contributed by atoms with Crippen LogP contribution in [0.15, 0.2) is 48.5 Å². The number of carbonyl (C=O) groups excluding carboxylic acids is 2. The number of amides is 2. The first-order chi connectivity index (χ1) is 31.0. The third-order valence-electron chi connectivity index (χ3n) is 12.0. The Hall–Kier alpha value is -4.08. The molecule has 0 aliphatic heterocycles. The number of aliphatic carboxylic acids is 2. The molecule has 2 aromatic carbocycles. The zero-order valence-electron chi connectivity index (χ0n) is 40.2. The van der Waals surface area contributed by atoms with Gasteiger partial charge in [-0.2, -0.15) is 0 Å². The summed E-state index contributed by atoms with van der Waals surface area (Å²) in [5, 5.41) is 42.7. The Morgan fingerprint density at radius 1 is 0.375 bits per heavy atom. The fourth-order valence-corrected chi connectivity index (χ4v) is 7.98. The summed E-state index contributed by atoms with van der Waals surface area (Å²) >= 11 is 0. The van der Waals surface area contributed by atoms with Gasteiger partial charge in [-0.3, -0.25) is 9.59 Å². The van der Waals surface area contributed by atoms with Crippen molar-refractivity contribution in [2.24, 2.45) is 0 Å². The van der Waals surface area contributed by atoms with Gasteiger partial charge in [-0.1, -0.05) is 218 Å². The molecule has 2 amide bonds. The molecule has 2 aromatic rings. The molecule has 10 nitrogen and oxygen atoms in total. The lowest BCUT2D eigenvalue weighted by molar-refractivity contribution is -0.142. The third kappa shape index (κ3) is 34.3. The number of unbranched alkanes of at least 4 members (excludes halogenated alkanes) is 28. The van der Waals surface area contributed by atoms with Crippen LogP contribution in [0.5, 0.6) is 11.5 Å². The topological polar surface area (TPSA) is 173 Å². The van der Waals surface area contributed by atoms with Crippen LogP contribution in [-0.4, -0.2) is 56.3 Å². The van der Waals surface area contributed by atoms with Gasteiger partial charge in [-0.05, 0) is 48.2 Å². The highest BCUT2D eigenvalue weighted by Gasteiger charge is 2.21. The maximum Gasteiger partial charge on any atom is 0.326 e. The Morgan fingerprint density at radius 2 is 0.594 bits per heavy atom. The number of carbonyl (C=O) groups is 4. The number of phenols is 2. The second-order valence-electron chi connectivity index (χ2n) is 18.1. The van der Waals surface area contributed by atoms with E-state index < -0.39 is 24.0 Å². The monoisotopic (exact) mass is 895 g/mol. The van der Waals surface area contributed by atoms with E-state index in [2.05, 4.69) is 24.5 Å². The molecule has 0 aliphatic carbocycles. The SMILES string of the molecule is CCCCCCCCCCCCCCCCCC(=O)N[C@@H](Cc1ccc(O)cc1)C(=O)O.CCCCCCCCCCCCCCCCCC(=O)N[C@@H](Cc1ccc(O)cc1)C(=O)O. The smallest absolute Gasteiger partial charge is 0.326 e. The molecular formula is C54H90N2O8. The summed E-state index contributed by atoms with van der Waals surface area (Å²) in [6.07, 6.45) is 39.5. The number of phenolic OH excluding ortho intramolecular Hbond substituents is 2. The number of hydrogen-bond donors (Lipinski definition) is 6. The van der Waals surface area contributed by atoms with E-state index in [9.17, 15) is 39.6 Å². The molecule has 64 heavy (non-hydrogen) atoms. The normalized spacial score (nSPS) is 11.9. The van der Waals surface area contributed by atoms with Crippen molar-refractivity contribution in [3.63, 3.8) is 0 Å². The highest BCUT2D eigenvalue weighted by molar-refractivity contribution is 5.84. The summed E-state index contributed by atoms with van der Waals surface area (Å²) in [5.41, 5.74) is 1.53. The minimum absolute atomic E-state index is 0.137. The molecule has 0 unspecified atom stereocenters. The predicted molar refractivity (Wildman–Crippen MR) is 262 cm³/mol. The van der Waals surface area contributed by atoms with E-state index in [1.54, 1.807) is 24.3 Å². The van der Waals surface area contributed by atoms with Crippen molar-refractivity contribution < 1.29 is 39.6 Å². The average molecular weight is 895 g/mol. The van der Waals surface area contributed by atoms with E-state index in [1.807, 2.05) is 0 Å². The van der Waals surface area contributed by atoms with E-state index in [1.165, 1.54) is 178 Å². The number of rotatable bonds is 40. The zero-order chi connectivity index (χ0) is 46.9. The molecule has 0 aliphatic rings. The number of aromatic hydroxyl groups is 2. The molecule has 6 N–H and O–H groups in total. The highest BCUT2D eigenvalue weighted by atomic mass is 16.4. The van der Waals surface area contributed by atoms with Crippen molar-refractivity contribution >= 4 is 23.8 Å². The van der Waals surface area contributed by atoms with E-state index in [4.69, 9.17) is 0 Å². The number of hydrogen-bond acceptors (Lipinski definition) is 6. The van der Waals surface area contributed by atoms with Crippen LogP contribution in [0.4, 0.5) is 0 Å². The number of benzene rings is 2. The van der Waals surface area contributed by atoms with Gasteiger partial charge in [0.25, 0.3) is 0 Å². The van der Waals surface area contributed by atoms with Crippen LogP contribution in [0, 0.1) is 0 Å². The Bertz CT molecular complexity index is 1340. The number of carboxylic acids is 2. The summed E-state index contributed by atoms with van der Waals surface area (Å²) in [6, 6.07) is 10.9. The summed E-state index contributed by atoms with van der Waals surface area (Å²) < 4.78 is 0. The molecule has 0 fully saturated rings.